The quantitative estimate of drug-likeness (QED) is 0.848. The van der Waals surface area contributed by atoms with Crippen LogP contribution in [0.2, 0.25) is 0 Å². The molecule has 17 heavy (non-hydrogen) atoms. The van der Waals surface area contributed by atoms with E-state index >= 15 is 0 Å². The third-order valence-corrected chi connectivity index (χ3v) is 4.21. The smallest absolute Gasteiger partial charge is 0.0595 e. The molecule has 0 atom stereocenters. The number of likely N-dealkylation sites (tertiary alicyclic amines) is 1. The van der Waals surface area contributed by atoms with Crippen molar-refractivity contribution in [2.24, 2.45) is 0 Å². The van der Waals surface area contributed by atoms with Crippen LogP contribution in [0.25, 0.3) is 0 Å². The Morgan fingerprint density at radius 2 is 2.06 bits per heavy atom. The van der Waals surface area contributed by atoms with E-state index in [1.807, 2.05) is 7.11 Å². The Morgan fingerprint density at radius 3 is 2.65 bits per heavy atom. The van der Waals surface area contributed by atoms with Crippen molar-refractivity contribution in [2.75, 3.05) is 20.2 Å². The molecule has 1 heterocycles. The molecular weight excluding hydrogens is 278 g/mol. The lowest BCUT2D eigenvalue weighted by Gasteiger charge is -2.31. The fourth-order valence-corrected chi connectivity index (χ4v) is 2.94. The van der Waals surface area contributed by atoms with E-state index in [0.29, 0.717) is 6.10 Å². The van der Waals surface area contributed by atoms with Crippen molar-refractivity contribution >= 4 is 15.9 Å². The highest BCUT2D eigenvalue weighted by Gasteiger charge is 2.19. The molecule has 1 aliphatic heterocycles. The summed E-state index contributed by atoms with van der Waals surface area (Å²) in [5.41, 5.74) is 2.69. The number of aryl methyl sites for hydroxylation is 1. The van der Waals surface area contributed by atoms with Crippen molar-refractivity contribution in [3.05, 3.63) is 33.8 Å². The second kappa shape index (κ2) is 5.98. The molecule has 3 heteroatoms. The van der Waals surface area contributed by atoms with Crippen LogP contribution in [0.3, 0.4) is 0 Å². The topological polar surface area (TPSA) is 12.5 Å². The molecule has 2 rings (SSSR count). The number of rotatable bonds is 3. The van der Waals surface area contributed by atoms with Gasteiger partial charge in [0.15, 0.2) is 0 Å². The average molecular weight is 298 g/mol. The summed E-state index contributed by atoms with van der Waals surface area (Å²) in [4.78, 5) is 2.50. The summed E-state index contributed by atoms with van der Waals surface area (Å²) in [6, 6.07) is 6.60. The third kappa shape index (κ3) is 3.54. The zero-order chi connectivity index (χ0) is 12.3. The van der Waals surface area contributed by atoms with E-state index in [1.165, 1.54) is 15.6 Å². The molecule has 94 valence electrons. The summed E-state index contributed by atoms with van der Waals surface area (Å²) in [5.74, 6) is 0. The first-order valence-electron chi connectivity index (χ1n) is 6.19. The number of hydrogen-bond acceptors (Lipinski definition) is 2. The normalized spacial score (nSPS) is 18.5. The molecule has 0 aliphatic carbocycles. The molecule has 2 nitrogen and oxygen atoms in total. The van der Waals surface area contributed by atoms with Crippen LogP contribution in [0.15, 0.2) is 22.7 Å². The molecule has 0 aromatic heterocycles. The Balaban J connectivity index is 1.93. The number of halogens is 1. The Morgan fingerprint density at radius 1 is 1.35 bits per heavy atom. The maximum Gasteiger partial charge on any atom is 0.0595 e. The van der Waals surface area contributed by atoms with Crippen molar-refractivity contribution in [3.8, 4) is 0 Å². The number of benzene rings is 1. The highest BCUT2D eigenvalue weighted by molar-refractivity contribution is 9.10. The Hall–Kier alpha value is -0.380. The molecule has 1 saturated heterocycles. The summed E-state index contributed by atoms with van der Waals surface area (Å²) >= 11 is 3.65. The maximum atomic E-state index is 5.39. The molecule has 0 unspecified atom stereocenters. The van der Waals surface area contributed by atoms with Crippen LogP contribution in [-0.2, 0) is 11.3 Å². The van der Waals surface area contributed by atoms with Gasteiger partial charge in [-0.1, -0.05) is 28.1 Å². The minimum absolute atomic E-state index is 0.465. The molecule has 1 aliphatic rings. The van der Waals surface area contributed by atoms with Gasteiger partial charge >= 0.3 is 0 Å². The number of hydrogen-bond donors (Lipinski definition) is 0. The first-order chi connectivity index (χ1) is 8.19. The fourth-order valence-electron chi connectivity index (χ4n) is 2.32. The predicted octanol–water partition coefficient (Wildman–Crippen LogP) is 3.37. The van der Waals surface area contributed by atoms with E-state index in [1.54, 1.807) is 0 Å². The van der Waals surface area contributed by atoms with Crippen LogP contribution in [0.5, 0.6) is 0 Å². The number of nitrogens with zero attached hydrogens (tertiary/aromatic N) is 1. The summed E-state index contributed by atoms with van der Waals surface area (Å²) in [6.45, 7) is 5.44. The van der Waals surface area contributed by atoms with Gasteiger partial charge in [0.05, 0.1) is 6.10 Å². The van der Waals surface area contributed by atoms with Crippen LogP contribution in [0.1, 0.15) is 24.0 Å². The standard InChI is InChI=1S/C14H20BrNO/c1-11-3-4-12(14(15)9-11)10-16-7-5-13(17-2)6-8-16/h3-4,9,13H,5-8,10H2,1-2H3. The average Bonchev–Trinajstić information content (AvgIpc) is 2.34. The third-order valence-electron chi connectivity index (χ3n) is 3.47. The number of ether oxygens (including phenoxy) is 1. The molecule has 0 saturated carbocycles. The van der Waals surface area contributed by atoms with Crippen LogP contribution in [0.4, 0.5) is 0 Å². The highest BCUT2D eigenvalue weighted by atomic mass is 79.9. The summed E-state index contributed by atoms with van der Waals surface area (Å²) in [7, 11) is 1.82. The van der Waals surface area contributed by atoms with Crippen molar-refractivity contribution in [3.63, 3.8) is 0 Å². The van der Waals surface area contributed by atoms with Gasteiger partial charge in [-0.25, -0.2) is 0 Å². The van der Waals surface area contributed by atoms with Gasteiger partial charge in [-0.3, -0.25) is 4.90 Å². The molecule has 0 N–H and O–H groups in total. The minimum Gasteiger partial charge on any atom is -0.381 e. The fraction of sp³-hybridized carbons (Fsp3) is 0.571. The van der Waals surface area contributed by atoms with E-state index in [-0.39, 0.29) is 0 Å². The van der Waals surface area contributed by atoms with Crippen molar-refractivity contribution < 1.29 is 4.74 Å². The molecule has 0 spiro atoms. The molecule has 1 fully saturated rings. The lowest BCUT2D eigenvalue weighted by molar-refractivity contribution is 0.0388. The van der Waals surface area contributed by atoms with Crippen LogP contribution >= 0.6 is 15.9 Å². The lowest BCUT2D eigenvalue weighted by Crippen LogP contribution is -2.36. The van der Waals surface area contributed by atoms with Crippen molar-refractivity contribution in [2.45, 2.75) is 32.4 Å². The Kier molecular flexibility index (Phi) is 4.60. The Bertz CT molecular complexity index is 372. The molecule has 1 aromatic carbocycles. The largest absolute Gasteiger partial charge is 0.381 e. The SMILES string of the molecule is COC1CCN(Cc2ccc(C)cc2Br)CC1. The van der Waals surface area contributed by atoms with Crippen molar-refractivity contribution in [1.29, 1.82) is 0 Å². The second-order valence-electron chi connectivity index (χ2n) is 4.81. The van der Waals surface area contributed by atoms with Gasteiger partial charge < -0.3 is 4.74 Å². The van der Waals surface area contributed by atoms with Crippen LogP contribution in [-0.4, -0.2) is 31.2 Å². The van der Waals surface area contributed by atoms with Crippen molar-refractivity contribution in [1.82, 2.24) is 4.90 Å². The summed E-state index contributed by atoms with van der Waals surface area (Å²) < 4.78 is 6.62. The number of methoxy groups -OCH3 is 1. The maximum absolute atomic E-state index is 5.39. The molecular formula is C14H20BrNO. The molecule has 0 radical (unpaired) electrons. The van der Waals surface area contributed by atoms with Gasteiger partial charge in [0, 0.05) is 31.2 Å². The molecule has 0 amide bonds. The highest BCUT2D eigenvalue weighted by Crippen LogP contribution is 2.22. The van der Waals surface area contributed by atoms with E-state index in [2.05, 4.69) is 46.0 Å². The van der Waals surface area contributed by atoms with E-state index in [9.17, 15) is 0 Å². The van der Waals surface area contributed by atoms with E-state index in [4.69, 9.17) is 4.74 Å². The van der Waals surface area contributed by atoms with Crippen LogP contribution < -0.4 is 0 Å². The van der Waals surface area contributed by atoms with Gasteiger partial charge in [-0.15, -0.1) is 0 Å². The predicted molar refractivity (Wildman–Crippen MR) is 74.2 cm³/mol. The molecule has 1 aromatic rings. The second-order valence-corrected chi connectivity index (χ2v) is 5.66. The lowest BCUT2D eigenvalue weighted by atomic mass is 10.1. The van der Waals surface area contributed by atoms with E-state index < -0.39 is 0 Å². The van der Waals surface area contributed by atoms with Gasteiger partial charge in [-0.2, -0.15) is 0 Å². The Labute approximate surface area is 112 Å². The van der Waals surface area contributed by atoms with Gasteiger partial charge in [0.25, 0.3) is 0 Å². The molecule has 0 bridgehead atoms. The first-order valence-corrected chi connectivity index (χ1v) is 6.98. The van der Waals surface area contributed by atoms with Gasteiger partial charge in [0.2, 0.25) is 0 Å². The summed E-state index contributed by atoms with van der Waals surface area (Å²) in [5, 5.41) is 0. The van der Waals surface area contributed by atoms with Gasteiger partial charge in [0.1, 0.15) is 0 Å². The summed E-state index contributed by atoms with van der Waals surface area (Å²) in [6.07, 6.45) is 2.77. The van der Waals surface area contributed by atoms with E-state index in [0.717, 1.165) is 32.5 Å². The first kappa shape index (κ1) is 13.1. The van der Waals surface area contributed by atoms with Crippen LogP contribution in [0, 0.1) is 6.92 Å². The monoisotopic (exact) mass is 297 g/mol. The number of piperidine rings is 1. The zero-order valence-electron chi connectivity index (χ0n) is 10.6. The van der Waals surface area contributed by atoms with Gasteiger partial charge in [-0.05, 0) is 37.0 Å². The minimum atomic E-state index is 0.465. The zero-order valence-corrected chi connectivity index (χ0v) is 12.2.